The first-order valence-electron chi connectivity index (χ1n) is 8.85. The Labute approximate surface area is 162 Å². The van der Waals surface area contributed by atoms with Crippen LogP contribution in [0.3, 0.4) is 0 Å². The summed E-state index contributed by atoms with van der Waals surface area (Å²) in [6.07, 6.45) is 0. The summed E-state index contributed by atoms with van der Waals surface area (Å²) in [5.41, 5.74) is 1.40. The van der Waals surface area contributed by atoms with Gasteiger partial charge in [-0.25, -0.2) is 4.79 Å². The van der Waals surface area contributed by atoms with E-state index in [0.29, 0.717) is 12.1 Å². The molecule has 1 heterocycles. The predicted molar refractivity (Wildman–Crippen MR) is 103 cm³/mol. The average molecular weight is 380 g/mol. The minimum atomic E-state index is -1.15. The van der Waals surface area contributed by atoms with Gasteiger partial charge >= 0.3 is 5.97 Å². The van der Waals surface area contributed by atoms with Gasteiger partial charge in [0.1, 0.15) is 0 Å². The van der Waals surface area contributed by atoms with Crippen molar-refractivity contribution in [2.24, 2.45) is 5.92 Å². The molecule has 0 aliphatic carbocycles. The van der Waals surface area contributed by atoms with Crippen LogP contribution in [0.4, 0.5) is 5.69 Å². The van der Waals surface area contributed by atoms with Crippen LogP contribution in [0.2, 0.25) is 0 Å². The predicted octanol–water partition coefficient (Wildman–Crippen LogP) is 3.20. The summed E-state index contributed by atoms with van der Waals surface area (Å²) < 4.78 is 0. The van der Waals surface area contributed by atoms with Gasteiger partial charge in [-0.1, -0.05) is 26.0 Å². The molecule has 3 rings (SSSR count). The first-order chi connectivity index (χ1) is 13.2. The van der Waals surface area contributed by atoms with Crippen LogP contribution in [0.5, 0.6) is 0 Å². The van der Waals surface area contributed by atoms with Crippen LogP contribution in [0.1, 0.15) is 60.8 Å². The molecule has 144 valence electrons. The van der Waals surface area contributed by atoms with Crippen molar-refractivity contribution in [3.8, 4) is 0 Å². The second-order valence-electron chi connectivity index (χ2n) is 7.13. The number of carboxylic acid groups (broad SMARTS) is 1. The first-order valence-corrected chi connectivity index (χ1v) is 8.85. The van der Waals surface area contributed by atoms with E-state index in [-0.39, 0.29) is 39.8 Å². The van der Waals surface area contributed by atoms with Crippen LogP contribution in [-0.2, 0) is 0 Å². The molecule has 7 heteroatoms. The standard InChI is InChI=1S/C21H20N2O5/c1-11(2)10-23-19(25)14-8-7-13(9-16(14)20(23)26)18(24)22-17-12(3)5-4-6-15(17)21(27)28/h4-9,11H,10H2,1-3H3,(H,22,24)(H,27,28). The fourth-order valence-electron chi connectivity index (χ4n) is 3.16. The van der Waals surface area contributed by atoms with Crippen LogP contribution in [0.15, 0.2) is 36.4 Å². The van der Waals surface area contributed by atoms with E-state index in [9.17, 15) is 24.3 Å². The SMILES string of the molecule is Cc1cccc(C(=O)O)c1NC(=O)c1ccc2c(c1)C(=O)N(CC(C)C)C2=O. The number of aromatic carboxylic acids is 1. The van der Waals surface area contributed by atoms with Crippen LogP contribution in [0, 0.1) is 12.8 Å². The lowest BCUT2D eigenvalue weighted by atomic mass is 10.0. The molecule has 2 N–H and O–H groups in total. The van der Waals surface area contributed by atoms with Crippen molar-refractivity contribution >= 4 is 29.4 Å². The summed E-state index contributed by atoms with van der Waals surface area (Å²) in [5, 5.41) is 11.9. The Morgan fingerprint density at radius 1 is 1.07 bits per heavy atom. The summed E-state index contributed by atoms with van der Waals surface area (Å²) >= 11 is 0. The lowest BCUT2D eigenvalue weighted by Gasteiger charge is -2.15. The van der Waals surface area contributed by atoms with Gasteiger partial charge in [0, 0.05) is 12.1 Å². The third kappa shape index (κ3) is 3.38. The molecule has 0 saturated carbocycles. The van der Waals surface area contributed by atoms with Crippen molar-refractivity contribution < 1.29 is 24.3 Å². The van der Waals surface area contributed by atoms with Gasteiger partial charge < -0.3 is 10.4 Å². The van der Waals surface area contributed by atoms with E-state index in [1.54, 1.807) is 19.1 Å². The van der Waals surface area contributed by atoms with Crippen molar-refractivity contribution in [1.29, 1.82) is 0 Å². The second kappa shape index (κ2) is 7.26. The molecular formula is C21H20N2O5. The summed E-state index contributed by atoms with van der Waals surface area (Å²) in [6.45, 7) is 5.81. The number of fused-ring (bicyclic) bond motifs is 1. The summed E-state index contributed by atoms with van der Waals surface area (Å²) in [5.74, 6) is -2.38. The molecule has 0 aromatic heterocycles. The van der Waals surface area contributed by atoms with Gasteiger partial charge in [0.05, 0.1) is 22.4 Å². The average Bonchev–Trinajstić information content (AvgIpc) is 2.87. The zero-order chi connectivity index (χ0) is 20.6. The van der Waals surface area contributed by atoms with Crippen molar-refractivity contribution in [2.45, 2.75) is 20.8 Å². The topological polar surface area (TPSA) is 104 Å². The molecule has 0 bridgehead atoms. The zero-order valence-electron chi connectivity index (χ0n) is 15.8. The third-order valence-electron chi connectivity index (χ3n) is 4.52. The highest BCUT2D eigenvalue weighted by Gasteiger charge is 2.36. The number of para-hydroxylation sites is 1. The lowest BCUT2D eigenvalue weighted by molar-refractivity contribution is 0.0633. The molecule has 3 amide bonds. The molecule has 0 spiro atoms. The monoisotopic (exact) mass is 380 g/mol. The Balaban J connectivity index is 1.91. The maximum Gasteiger partial charge on any atom is 0.337 e. The normalized spacial score (nSPS) is 13.1. The van der Waals surface area contributed by atoms with Crippen molar-refractivity contribution in [1.82, 2.24) is 4.90 Å². The molecule has 0 atom stereocenters. The smallest absolute Gasteiger partial charge is 0.337 e. The van der Waals surface area contributed by atoms with E-state index in [2.05, 4.69) is 5.32 Å². The highest BCUT2D eigenvalue weighted by atomic mass is 16.4. The number of imide groups is 1. The van der Waals surface area contributed by atoms with Gasteiger partial charge in [-0.15, -0.1) is 0 Å². The Morgan fingerprint density at radius 2 is 1.75 bits per heavy atom. The fourth-order valence-corrected chi connectivity index (χ4v) is 3.16. The van der Waals surface area contributed by atoms with E-state index in [0.717, 1.165) is 0 Å². The van der Waals surface area contributed by atoms with Crippen molar-refractivity contribution in [3.05, 3.63) is 64.2 Å². The Morgan fingerprint density at radius 3 is 2.39 bits per heavy atom. The number of benzene rings is 2. The number of carbonyl (C=O) groups excluding carboxylic acids is 3. The van der Waals surface area contributed by atoms with Gasteiger partial charge in [-0.2, -0.15) is 0 Å². The van der Waals surface area contributed by atoms with Gasteiger partial charge in [0.2, 0.25) is 0 Å². The molecule has 0 unspecified atom stereocenters. The number of hydrogen-bond acceptors (Lipinski definition) is 4. The van der Waals surface area contributed by atoms with E-state index in [1.807, 2.05) is 13.8 Å². The highest BCUT2D eigenvalue weighted by Crippen LogP contribution is 2.26. The molecule has 7 nitrogen and oxygen atoms in total. The Hall–Kier alpha value is -3.48. The van der Waals surface area contributed by atoms with Crippen molar-refractivity contribution in [3.63, 3.8) is 0 Å². The molecule has 0 fully saturated rings. The van der Waals surface area contributed by atoms with Gasteiger partial charge in [-0.3, -0.25) is 19.3 Å². The highest BCUT2D eigenvalue weighted by molar-refractivity contribution is 6.22. The largest absolute Gasteiger partial charge is 0.478 e. The van der Waals surface area contributed by atoms with Crippen LogP contribution in [0.25, 0.3) is 0 Å². The number of nitrogens with zero attached hydrogens (tertiary/aromatic N) is 1. The zero-order valence-corrected chi connectivity index (χ0v) is 15.8. The number of carboxylic acids is 1. The van der Waals surface area contributed by atoms with E-state index in [1.165, 1.54) is 29.2 Å². The summed E-state index contributed by atoms with van der Waals surface area (Å²) in [7, 11) is 0. The number of carbonyl (C=O) groups is 4. The Bertz CT molecular complexity index is 1010. The fraction of sp³-hybridized carbons (Fsp3) is 0.238. The number of anilines is 1. The van der Waals surface area contributed by atoms with Gasteiger partial charge in [-0.05, 0) is 42.7 Å². The summed E-state index contributed by atoms with van der Waals surface area (Å²) in [6, 6.07) is 8.98. The van der Waals surface area contributed by atoms with Crippen LogP contribution < -0.4 is 5.32 Å². The minimum Gasteiger partial charge on any atom is -0.478 e. The molecule has 0 radical (unpaired) electrons. The molecule has 1 aliphatic heterocycles. The van der Waals surface area contributed by atoms with Gasteiger partial charge in [0.25, 0.3) is 17.7 Å². The number of amides is 3. The van der Waals surface area contributed by atoms with E-state index < -0.39 is 17.8 Å². The van der Waals surface area contributed by atoms with Crippen LogP contribution in [-0.4, -0.2) is 40.2 Å². The summed E-state index contributed by atoms with van der Waals surface area (Å²) in [4.78, 5) is 50.3. The van der Waals surface area contributed by atoms with E-state index >= 15 is 0 Å². The maximum atomic E-state index is 12.7. The number of aryl methyl sites for hydroxylation is 1. The number of hydrogen-bond donors (Lipinski definition) is 2. The third-order valence-corrected chi connectivity index (χ3v) is 4.52. The Kier molecular flexibility index (Phi) is 5.00. The molecule has 0 saturated heterocycles. The number of nitrogens with one attached hydrogen (secondary N) is 1. The van der Waals surface area contributed by atoms with Crippen molar-refractivity contribution in [2.75, 3.05) is 11.9 Å². The maximum absolute atomic E-state index is 12.7. The lowest BCUT2D eigenvalue weighted by Crippen LogP contribution is -2.33. The quantitative estimate of drug-likeness (QED) is 0.775. The molecule has 2 aromatic rings. The van der Waals surface area contributed by atoms with Gasteiger partial charge in [0.15, 0.2) is 0 Å². The van der Waals surface area contributed by atoms with Crippen LogP contribution >= 0.6 is 0 Å². The molecule has 28 heavy (non-hydrogen) atoms. The van der Waals surface area contributed by atoms with E-state index in [4.69, 9.17) is 0 Å². The molecule has 1 aliphatic rings. The first kappa shape index (κ1) is 19.3. The second-order valence-corrected chi connectivity index (χ2v) is 7.13. The molecular weight excluding hydrogens is 360 g/mol. The molecule has 2 aromatic carbocycles. The minimum absolute atomic E-state index is 0.0242. The number of rotatable bonds is 5.